The van der Waals surface area contributed by atoms with Crippen molar-refractivity contribution in [2.45, 2.75) is 166 Å². The normalized spacial score (nSPS) is 37.3. The number of piperidine rings is 1. The topological polar surface area (TPSA) is 161 Å². The van der Waals surface area contributed by atoms with Crippen molar-refractivity contribution in [3.05, 3.63) is 165 Å². The van der Waals surface area contributed by atoms with Gasteiger partial charge in [0.1, 0.15) is 17.3 Å². The molecule has 0 unspecified atom stereocenters. The highest BCUT2D eigenvalue weighted by Crippen LogP contribution is 2.73. The van der Waals surface area contributed by atoms with Crippen LogP contribution < -0.4 is 21.3 Å². The van der Waals surface area contributed by atoms with Crippen LogP contribution in [-0.4, -0.2) is 71.3 Å². The van der Waals surface area contributed by atoms with Crippen LogP contribution in [0.25, 0.3) is 16.7 Å². The smallest absolute Gasteiger partial charge is 0.340 e. The second-order valence-electron chi connectivity index (χ2n) is 29.6. The molecular weight excluding hydrogens is 1100 g/mol. The van der Waals surface area contributed by atoms with E-state index < -0.39 is 16.6 Å². The predicted octanol–water partition coefficient (Wildman–Crippen LogP) is 12.7. The molecule has 11 heteroatoms. The first-order chi connectivity index (χ1) is 43.3. The molecule has 0 amide bonds. The number of fused-ring (bicyclic) bond motifs is 9. The van der Waals surface area contributed by atoms with Crippen LogP contribution >= 0.6 is 0 Å². The molecule has 89 heavy (non-hydrogen) atoms. The largest absolute Gasteiger partial charge is 0.508 e. The van der Waals surface area contributed by atoms with Gasteiger partial charge in [-0.05, 0) is 257 Å². The maximum absolute atomic E-state index is 15.6. The van der Waals surface area contributed by atoms with Crippen molar-refractivity contribution < 1.29 is 34.4 Å². The lowest BCUT2D eigenvalue weighted by molar-refractivity contribution is -0.135. The fourth-order valence-electron chi connectivity index (χ4n) is 20.7. The van der Waals surface area contributed by atoms with Gasteiger partial charge in [0.15, 0.2) is 0 Å². The van der Waals surface area contributed by atoms with Gasteiger partial charge >= 0.3 is 11.9 Å². The van der Waals surface area contributed by atoms with E-state index in [0.717, 1.165) is 155 Å². The number of carbonyl (C=O) groups excluding carboxylic acids is 2. The number of rotatable bonds is 6. The summed E-state index contributed by atoms with van der Waals surface area (Å²) >= 11 is 0. The van der Waals surface area contributed by atoms with E-state index in [-0.39, 0.29) is 88.6 Å². The molecule has 14 bridgehead atoms. The van der Waals surface area contributed by atoms with Crippen LogP contribution in [0.2, 0.25) is 0 Å². The van der Waals surface area contributed by atoms with E-state index in [1.165, 1.54) is 16.7 Å². The Balaban J connectivity index is 0.919. The first-order valence-corrected chi connectivity index (χ1v) is 34.4. The molecule has 13 aliphatic rings. The number of phenolic OH excluding ortho intramolecular Hbond substituents is 1. The van der Waals surface area contributed by atoms with Crippen molar-refractivity contribution in [3.63, 3.8) is 0 Å². The summed E-state index contributed by atoms with van der Waals surface area (Å²) in [7, 11) is 2.07. The van der Waals surface area contributed by atoms with Crippen LogP contribution in [0.1, 0.15) is 157 Å². The van der Waals surface area contributed by atoms with Gasteiger partial charge in [0.25, 0.3) is 0 Å². The number of hydrogen-bond donors (Lipinski definition) is 7. The van der Waals surface area contributed by atoms with Crippen LogP contribution in [0.3, 0.4) is 0 Å². The molecule has 16 atom stereocenters. The molecule has 6 heterocycles. The highest BCUT2D eigenvalue weighted by atomic mass is 16.6. The number of allylic oxidation sites excluding steroid dienone is 5. The van der Waals surface area contributed by atoms with Gasteiger partial charge in [-0.25, -0.2) is 9.59 Å². The summed E-state index contributed by atoms with van der Waals surface area (Å²) in [5, 5.41) is 52.6. The van der Waals surface area contributed by atoms with Gasteiger partial charge in [0.05, 0.1) is 34.3 Å². The van der Waals surface area contributed by atoms with Crippen LogP contribution in [0, 0.1) is 81.8 Å². The molecule has 0 aromatic heterocycles. The molecule has 2 saturated heterocycles. The summed E-state index contributed by atoms with van der Waals surface area (Å²) in [4.78, 5) is 31.1. The quantitative estimate of drug-likeness (QED) is 0.0727. The number of aliphatic hydroxyl groups is 2. The number of β-amino-alcohol motifs (C(OH)–C–C–N with tert-alkyl or cyclic N) is 1. The standard InChI is InChI=1S/C78H92N4O7/c1-4-47(37-48-13-6-5-7-14-48)40-66-77-34-27-58-59-25-26-60-65(88-73(84)69(60)70(59)77)28-33-76(54-30-36-81-67(41-54)79-3)43-62-57-23-21-53-19-8-9-32-78(53,87)64(57)20-12-31-75(2,86)46-82-72(63(62)44-76)52-18-10-15-49(38-52)29-35-80-45-50-16-11-17-51(39-50)56-24-22-55(83)42-61(56)68(58)71(77)74(85)89-66/h5-7,10-11,13-18,22,24,28,38-40,42,47,53-54,57-59,62-64,67,70,72,79-83,86-87H,4,8-9,19,21,23,25-27,29-37,41,43-46H2,1-3H3/b65-28?,66-40-/t47-,53+,54+,57+,58+,59-,62-,63-,64-,67-,70+,72+,75+,76+,77+,78-/m0/s1. The maximum Gasteiger partial charge on any atom is 0.340 e. The van der Waals surface area contributed by atoms with Crippen LogP contribution in [0.5, 0.6) is 5.75 Å². The summed E-state index contributed by atoms with van der Waals surface area (Å²) in [6.45, 7) is 6.85. The Morgan fingerprint density at radius 2 is 1.63 bits per heavy atom. The molecule has 4 aromatic carbocycles. The third-order valence-electron chi connectivity index (χ3n) is 24.8. The highest BCUT2D eigenvalue weighted by molar-refractivity contribution is 6.07. The molecule has 466 valence electrons. The summed E-state index contributed by atoms with van der Waals surface area (Å²) in [6, 6.07) is 34.1. The van der Waals surface area contributed by atoms with Crippen molar-refractivity contribution in [3.8, 4) is 28.7 Å². The van der Waals surface area contributed by atoms with Crippen LogP contribution in [0.4, 0.5) is 0 Å². The van der Waals surface area contributed by atoms with Gasteiger partial charge in [-0.2, -0.15) is 0 Å². The molecule has 1 spiro atoms. The Morgan fingerprint density at radius 3 is 2.49 bits per heavy atom. The summed E-state index contributed by atoms with van der Waals surface area (Å²) in [5.74, 6) is 8.80. The Labute approximate surface area is 527 Å². The van der Waals surface area contributed by atoms with Gasteiger partial charge < -0.3 is 46.1 Å². The lowest BCUT2D eigenvalue weighted by atomic mass is 9.44. The van der Waals surface area contributed by atoms with E-state index in [0.29, 0.717) is 55.4 Å². The lowest BCUT2D eigenvalue weighted by Crippen LogP contribution is -2.54. The molecule has 6 fully saturated rings. The maximum atomic E-state index is 15.6. The molecule has 0 radical (unpaired) electrons. The monoisotopic (exact) mass is 1200 g/mol. The average Bonchev–Trinajstić information content (AvgIpc) is 1.61. The Hall–Kier alpha value is -6.10. The van der Waals surface area contributed by atoms with E-state index >= 15 is 9.59 Å². The third kappa shape index (κ3) is 10.3. The Kier molecular flexibility index (Phi) is 15.7. The van der Waals surface area contributed by atoms with Gasteiger partial charge in [-0.1, -0.05) is 110 Å². The Bertz CT molecular complexity index is 3630. The fraction of sp³-hybridized carbons (Fsp3) is 0.538. The van der Waals surface area contributed by atoms with E-state index in [4.69, 9.17) is 9.47 Å². The molecule has 7 N–H and O–H groups in total. The minimum absolute atomic E-state index is 0.0106. The van der Waals surface area contributed by atoms with Gasteiger partial charge in [0, 0.05) is 42.6 Å². The van der Waals surface area contributed by atoms with Crippen molar-refractivity contribution in [2.24, 2.45) is 70.0 Å². The first kappa shape index (κ1) is 59.2. The molecule has 6 aliphatic heterocycles. The zero-order valence-electron chi connectivity index (χ0n) is 52.6. The number of benzene rings is 4. The van der Waals surface area contributed by atoms with Gasteiger partial charge in [0.2, 0.25) is 0 Å². The summed E-state index contributed by atoms with van der Waals surface area (Å²) in [5.41, 5.74) is 7.92. The summed E-state index contributed by atoms with van der Waals surface area (Å²) < 4.78 is 13.7. The number of aromatic hydroxyl groups is 1. The number of esters is 2. The predicted molar refractivity (Wildman–Crippen MR) is 347 cm³/mol. The van der Waals surface area contributed by atoms with Crippen molar-refractivity contribution in [2.75, 3.05) is 26.7 Å². The van der Waals surface area contributed by atoms with Crippen molar-refractivity contribution >= 4 is 17.5 Å². The number of phenols is 1. The van der Waals surface area contributed by atoms with Gasteiger partial charge in [-0.3, -0.25) is 0 Å². The number of carbonyl (C=O) groups is 2. The zero-order valence-corrected chi connectivity index (χ0v) is 52.6. The molecule has 4 saturated carbocycles. The summed E-state index contributed by atoms with van der Waals surface area (Å²) in [6.07, 6.45) is 21.1. The van der Waals surface area contributed by atoms with E-state index in [1.54, 1.807) is 6.07 Å². The van der Waals surface area contributed by atoms with Crippen molar-refractivity contribution in [1.29, 1.82) is 0 Å². The SMILES string of the molecule is CC[C@H](/C=C1\OC(=O)C2=C3c4cc(O)ccc4-c4cccc(c4)CNCCc4cccc(c4)[C@H]4NC[C@](C)(O)CC#C[C@H]5[C@H](CC[C@H]6CCCC[C@]65O)[C@@H]5C[C@]([C@@H]6CCN[C@H](NC)C6)(CC=C6OC(=O)C7=C6CC[C@H]6[C@H]3CC[C@@]21[C@@H]76)C[C@@H]54)Cc1ccccc1. The van der Waals surface area contributed by atoms with Crippen molar-refractivity contribution in [1.82, 2.24) is 21.3 Å². The Morgan fingerprint density at radius 1 is 0.775 bits per heavy atom. The molecular formula is C78H92N4O7. The minimum Gasteiger partial charge on any atom is -0.508 e. The number of cyclic esters (lactones) is 1. The van der Waals surface area contributed by atoms with Gasteiger partial charge in [-0.15, -0.1) is 0 Å². The van der Waals surface area contributed by atoms with Crippen LogP contribution in [-0.2, 0) is 38.4 Å². The van der Waals surface area contributed by atoms with E-state index in [9.17, 15) is 15.3 Å². The molecule has 11 nitrogen and oxygen atoms in total. The van der Waals surface area contributed by atoms with E-state index in [1.807, 2.05) is 19.1 Å². The number of nitrogens with one attached hydrogen (secondary N) is 4. The number of hydrogen-bond acceptors (Lipinski definition) is 11. The first-order valence-electron chi connectivity index (χ1n) is 34.4. The second-order valence-corrected chi connectivity index (χ2v) is 29.6. The second kappa shape index (κ2) is 23.5. The minimum atomic E-state index is -1.10. The number of ether oxygens (including phenoxy) is 2. The molecule has 17 rings (SSSR count). The highest BCUT2D eigenvalue weighted by Gasteiger charge is 2.69. The zero-order chi connectivity index (χ0) is 60.8. The van der Waals surface area contributed by atoms with E-state index in [2.05, 4.69) is 138 Å². The fourth-order valence-corrected chi connectivity index (χ4v) is 20.7. The lowest BCUT2D eigenvalue weighted by Gasteiger charge is -2.56. The average molecular weight is 1200 g/mol. The molecule has 4 aromatic rings. The molecule has 7 aliphatic carbocycles. The van der Waals surface area contributed by atoms with Crippen LogP contribution in [0.15, 0.2) is 137 Å². The third-order valence-corrected chi connectivity index (χ3v) is 24.8.